The van der Waals surface area contributed by atoms with E-state index in [0.29, 0.717) is 30.4 Å². The molecular weight excluding hydrogens is 374 g/mol. The second kappa shape index (κ2) is 8.24. The summed E-state index contributed by atoms with van der Waals surface area (Å²) in [6.45, 7) is -1.31. The van der Waals surface area contributed by atoms with E-state index in [0.717, 1.165) is 13.0 Å². The van der Waals surface area contributed by atoms with Gasteiger partial charge in [-0.05, 0) is 31.0 Å². The molecular formula is C15H17BrF2N2O3. The number of hydrogen-bond acceptors (Lipinski definition) is 3. The summed E-state index contributed by atoms with van der Waals surface area (Å²) in [5.41, 5.74) is 0.0388. The van der Waals surface area contributed by atoms with Gasteiger partial charge in [-0.15, -0.1) is 0 Å². The number of hydrogen-bond donors (Lipinski definition) is 1. The quantitative estimate of drug-likeness (QED) is 0.728. The van der Waals surface area contributed by atoms with E-state index in [-0.39, 0.29) is 17.2 Å². The first kappa shape index (κ1) is 17.7. The summed E-state index contributed by atoms with van der Waals surface area (Å²) in [5.74, 6) is -0.527. The summed E-state index contributed by atoms with van der Waals surface area (Å²) in [6, 6.07) is 4.26. The topological polar surface area (TPSA) is 58.6 Å². The van der Waals surface area contributed by atoms with Crippen molar-refractivity contribution in [2.75, 3.05) is 19.6 Å². The standard InChI is InChI=1S/C15H17BrF2N2O3/c16-10-4-5-12(23-15(17)18)11(9-10)14(22)19-6-2-8-20-7-1-3-13(20)21/h4-5,9,15H,1-3,6-8H2,(H,19,22). The molecule has 1 aromatic rings. The summed E-state index contributed by atoms with van der Waals surface area (Å²) in [5, 5.41) is 2.66. The molecule has 0 atom stereocenters. The van der Waals surface area contributed by atoms with Crippen molar-refractivity contribution in [1.29, 1.82) is 0 Å². The fourth-order valence-corrected chi connectivity index (χ4v) is 2.75. The zero-order valence-corrected chi connectivity index (χ0v) is 13.9. The summed E-state index contributed by atoms with van der Waals surface area (Å²) < 4.78 is 29.7. The Balaban J connectivity index is 1.87. The summed E-state index contributed by atoms with van der Waals surface area (Å²) >= 11 is 3.20. The van der Waals surface area contributed by atoms with E-state index in [4.69, 9.17) is 0 Å². The maximum Gasteiger partial charge on any atom is 0.387 e. The van der Waals surface area contributed by atoms with Crippen LogP contribution in [0.15, 0.2) is 22.7 Å². The van der Waals surface area contributed by atoms with Gasteiger partial charge in [0.15, 0.2) is 0 Å². The molecule has 1 heterocycles. The summed E-state index contributed by atoms with van der Waals surface area (Å²) in [4.78, 5) is 25.3. The van der Waals surface area contributed by atoms with Gasteiger partial charge < -0.3 is 15.0 Å². The normalized spacial score (nSPS) is 14.4. The Morgan fingerprint density at radius 2 is 2.22 bits per heavy atom. The highest BCUT2D eigenvalue weighted by atomic mass is 79.9. The fraction of sp³-hybridized carbons (Fsp3) is 0.467. The van der Waals surface area contributed by atoms with Gasteiger partial charge in [0.25, 0.3) is 5.91 Å². The van der Waals surface area contributed by atoms with E-state index in [1.165, 1.54) is 18.2 Å². The smallest absolute Gasteiger partial charge is 0.387 e. The highest BCUT2D eigenvalue weighted by molar-refractivity contribution is 9.10. The predicted octanol–water partition coefficient (Wildman–Crippen LogP) is 2.79. The molecule has 0 unspecified atom stereocenters. The number of ether oxygens (including phenoxy) is 1. The predicted molar refractivity (Wildman–Crippen MR) is 83.5 cm³/mol. The number of amides is 2. The molecule has 0 spiro atoms. The Morgan fingerprint density at radius 3 is 2.87 bits per heavy atom. The van der Waals surface area contributed by atoms with Crippen molar-refractivity contribution in [3.8, 4) is 5.75 Å². The van der Waals surface area contributed by atoms with Crippen LogP contribution in [0.4, 0.5) is 8.78 Å². The number of carbonyl (C=O) groups excluding carboxylic acids is 2. The van der Waals surface area contributed by atoms with Crippen molar-refractivity contribution in [3.05, 3.63) is 28.2 Å². The molecule has 2 amide bonds. The molecule has 8 heteroatoms. The minimum absolute atomic E-state index is 0.0388. The first-order valence-corrected chi connectivity index (χ1v) is 8.07. The van der Waals surface area contributed by atoms with Crippen molar-refractivity contribution >= 4 is 27.7 Å². The molecule has 5 nitrogen and oxygen atoms in total. The summed E-state index contributed by atoms with van der Waals surface area (Å²) in [6.07, 6.45) is 2.06. The Morgan fingerprint density at radius 1 is 1.43 bits per heavy atom. The lowest BCUT2D eigenvalue weighted by Gasteiger charge is -2.15. The van der Waals surface area contributed by atoms with Crippen LogP contribution in [-0.2, 0) is 4.79 Å². The lowest BCUT2D eigenvalue weighted by atomic mass is 10.2. The van der Waals surface area contributed by atoms with Crippen molar-refractivity contribution in [2.45, 2.75) is 25.9 Å². The lowest BCUT2D eigenvalue weighted by Crippen LogP contribution is -2.30. The second-order valence-electron chi connectivity index (χ2n) is 5.11. The van der Waals surface area contributed by atoms with Crippen LogP contribution in [0.25, 0.3) is 0 Å². The van der Waals surface area contributed by atoms with Crippen LogP contribution in [0.2, 0.25) is 0 Å². The number of halogens is 3. The largest absolute Gasteiger partial charge is 0.434 e. The molecule has 0 saturated carbocycles. The zero-order chi connectivity index (χ0) is 16.8. The Hall–Kier alpha value is -1.70. The Bertz CT molecular complexity index is 584. The molecule has 1 saturated heterocycles. The van der Waals surface area contributed by atoms with Crippen LogP contribution in [0.5, 0.6) is 5.75 Å². The van der Waals surface area contributed by atoms with Gasteiger partial charge in [-0.2, -0.15) is 8.78 Å². The lowest BCUT2D eigenvalue weighted by molar-refractivity contribution is -0.127. The van der Waals surface area contributed by atoms with Crippen molar-refractivity contribution in [2.24, 2.45) is 0 Å². The van der Waals surface area contributed by atoms with Gasteiger partial charge in [0.2, 0.25) is 5.91 Å². The molecule has 1 aliphatic rings. The van der Waals surface area contributed by atoms with Gasteiger partial charge in [-0.3, -0.25) is 9.59 Å². The van der Waals surface area contributed by atoms with Crippen molar-refractivity contribution < 1.29 is 23.1 Å². The third-order valence-corrected chi connectivity index (χ3v) is 3.96. The first-order valence-electron chi connectivity index (χ1n) is 7.27. The Kier molecular flexibility index (Phi) is 6.32. The van der Waals surface area contributed by atoms with E-state index in [1.807, 2.05) is 0 Å². The zero-order valence-electron chi connectivity index (χ0n) is 12.4. The number of nitrogens with one attached hydrogen (secondary N) is 1. The Labute approximate surface area is 141 Å². The fourth-order valence-electron chi connectivity index (χ4n) is 2.39. The molecule has 1 aliphatic heterocycles. The third-order valence-electron chi connectivity index (χ3n) is 3.46. The highest BCUT2D eigenvalue weighted by Crippen LogP contribution is 2.24. The molecule has 0 aliphatic carbocycles. The van der Waals surface area contributed by atoms with Crippen LogP contribution in [0.3, 0.4) is 0 Å². The van der Waals surface area contributed by atoms with Crippen LogP contribution < -0.4 is 10.1 Å². The van der Waals surface area contributed by atoms with Gasteiger partial charge in [0.1, 0.15) is 5.75 Å². The average Bonchev–Trinajstić information content (AvgIpc) is 2.90. The number of carbonyl (C=O) groups is 2. The SMILES string of the molecule is O=C(NCCCN1CCCC1=O)c1cc(Br)ccc1OC(F)F. The van der Waals surface area contributed by atoms with Gasteiger partial charge in [0, 0.05) is 30.5 Å². The number of nitrogens with zero attached hydrogens (tertiary/aromatic N) is 1. The number of alkyl halides is 2. The minimum atomic E-state index is -3.00. The third kappa shape index (κ3) is 5.16. The molecule has 2 rings (SSSR count). The van der Waals surface area contributed by atoms with Crippen LogP contribution in [0.1, 0.15) is 29.6 Å². The van der Waals surface area contributed by atoms with E-state index < -0.39 is 12.5 Å². The number of rotatable bonds is 7. The molecule has 0 radical (unpaired) electrons. The molecule has 1 fully saturated rings. The molecule has 23 heavy (non-hydrogen) atoms. The average molecular weight is 391 g/mol. The van der Waals surface area contributed by atoms with E-state index >= 15 is 0 Å². The van der Waals surface area contributed by atoms with Gasteiger partial charge in [0.05, 0.1) is 5.56 Å². The first-order chi connectivity index (χ1) is 11.0. The molecule has 0 aromatic heterocycles. The molecule has 1 aromatic carbocycles. The molecule has 1 N–H and O–H groups in total. The maximum absolute atomic E-state index is 12.4. The summed E-state index contributed by atoms with van der Waals surface area (Å²) in [7, 11) is 0. The number of benzene rings is 1. The minimum Gasteiger partial charge on any atom is -0.434 e. The van der Waals surface area contributed by atoms with Crippen LogP contribution in [0, 0.1) is 0 Å². The van der Waals surface area contributed by atoms with Gasteiger partial charge in [-0.1, -0.05) is 15.9 Å². The van der Waals surface area contributed by atoms with Crippen LogP contribution in [-0.4, -0.2) is 43.0 Å². The van der Waals surface area contributed by atoms with Crippen molar-refractivity contribution in [3.63, 3.8) is 0 Å². The van der Waals surface area contributed by atoms with Gasteiger partial charge >= 0.3 is 6.61 Å². The van der Waals surface area contributed by atoms with E-state index in [1.54, 1.807) is 4.90 Å². The monoisotopic (exact) mass is 390 g/mol. The second-order valence-corrected chi connectivity index (χ2v) is 6.03. The molecule has 126 valence electrons. The van der Waals surface area contributed by atoms with Gasteiger partial charge in [-0.25, -0.2) is 0 Å². The molecule has 0 bridgehead atoms. The maximum atomic E-state index is 12.4. The van der Waals surface area contributed by atoms with Crippen LogP contribution >= 0.6 is 15.9 Å². The number of likely N-dealkylation sites (tertiary alicyclic amines) is 1. The van der Waals surface area contributed by atoms with E-state index in [2.05, 4.69) is 26.0 Å². The van der Waals surface area contributed by atoms with Crippen molar-refractivity contribution in [1.82, 2.24) is 10.2 Å². The van der Waals surface area contributed by atoms with E-state index in [9.17, 15) is 18.4 Å². The highest BCUT2D eigenvalue weighted by Gasteiger charge is 2.20.